The second-order valence-corrected chi connectivity index (χ2v) is 5.64. The van der Waals surface area contributed by atoms with E-state index in [1.807, 2.05) is 25.1 Å². The molecule has 0 bridgehead atoms. The Morgan fingerprint density at radius 1 is 1.30 bits per heavy atom. The number of amides is 1. The fourth-order valence-electron chi connectivity index (χ4n) is 2.35. The number of nitrogens with one attached hydrogen (secondary N) is 1. The number of halogens is 1. The Labute approximate surface area is 139 Å². The number of nitrogens with zero attached hydrogens (tertiary/aromatic N) is 3. The second-order valence-electron chi connectivity index (χ2n) is 5.23. The number of aromatic nitrogens is 2. The largest absolute Gasteiger partial charge is 0.378 e. The number of benzene rings is 1. The van der Waals surface area contributed by atoms with Crippen LogP contribution in [0, 0.1) is 6.92 Å². The summed E-state index contributed by atoms with van der Waals surface area (Å²) in [5.74, 6) is 0.448. The first-order valence-electron chi connectivity index (χ1n) is 7.36. The van der Waals surface area contributed by atoms with Crippen molar-refractivity contribution >= 4 is 29.0 Å². The van der Waals surface area contributed by atoms with Gasteiger partial charge in [-0.2, -0.15) is 0 Å². The lowest BCUT2D eigenvalue weighted by molar-refractivity contribution is 0.0299. The molecule has 6 nitrogen and oxygen atoms in total. The number of carbonyl (C=O) groups is 1. The Kier molecular flexibility index (Phi) is 4.73. The van der Waals surface area contributed by atoms with Crippen LogP contribution in [0.15, 0.2) is 30.6 Å². The third-order valence-corrected chi connectivity index (χ3v) is 4.12. The number of carbonyl (C=O) groups excluding carboxylic acids is 1. The predicted octanol–water partition coefficient (Wildman–Crippen LogP) is 2.65. The number of morpholine rings is 1. The number of ether oxygens (including phenoxy) is 1. The van der Waals surface area contributed by atoms with Crippen LogP contribution in [-0.2, 0) is 4.74 Å². The Bertz CT molecular complexity index is 717. The minimum atomic E-state index is -0.110. The maximum absolute atomic E-state index is 12.5. The summed E-state index contributed by atoms with van der Waals surface area (Å²) in [5.41, 5.74) is 2.14. The van der Waals surface area contributed by atoms with Crippen LogP contribution in [0.25, 0.3) is 0 Å². The SMILES string of the molecule is Cc1c(Cl)cccc1Nc1cc(C(=O)N2CCOCC2)ncn1. The van der Waals surface area contributed by atoms with E-state index in [0.29, 0.717) is 42.8 Å². The van der Waals surface area contributed by atoms with Gasteiger partial charge in [0.05, 0.1) is 13.2 Å². The van der Waals surface area contributed by atoms with E-state index in [2.05, 4.69) is 15.3 Å². The molecule has 0 atom stereocenters. The fraction of sp³-hybridized carbons (Fsp3) is 0.312. The highest BCUT2D eigenvalue weighted by molar-refractivity contribution is 6.31. The Morgan fingerprint density at radius 3 is 2.87 bits per heavy atom. The summed E-state index contributed by atoms with van der Waals surface area (Å²) in [7, 11) is 0. The third kappa shape index (κ3) is 3.60. The first-order chi connectivity index (χ1) is 11.1. The average molecular weight is 333 g/mol. The van der Waals surface area contributed by atoms with Gasteiger partial charge < -0.3 is 15.0 Å². The molecule has 0 aliphatic carbocycles. The van der Waals surface area contributed by atoms with Crippen molar-refractivity contribution in [2.24, 2.45) is 0 Å². The molecule has 2 aromatic rings. The lowest BCUT2D eigenvalue weighted by atomic mass is 10.2. The zero-order chi connectivity index (χ0) is 16.2. The van der Waals surface area contributed by atoms with Crippen LogP contribution in [0.3, 0.4) is 0 Å². The van der Waals surface area contributed by atoms with E-state index in [9.17, 15) is 4.79 Å². The highest BCUT2D eigenvalue weighted by Crippen LogP contribution is 2.25. The summed E-state index contributed by atoms with van der Waals surface area (Å²) >= 11 is 6.12. The molecule has 1 aliphatic rings. The molecule has 7 heteroatoms. The molecule has 1 saturated heterocycles. The molecular formula is C16H17ClN4O2. The maximum Gasteiger partial charge on any atom is 0.272 e. The van der Waals surface area contributed by atoms with Crippen LogP contribution in [0.5, 0.6) is 0 Å². The molecule has 2 heterocycles. The average Bonchev–Trinajstić information content (AvgIpc) is 2.59. The van der Waals surface area contributed by atoms with Gasteiger partial charge in [-0.05, 0) is 24.6 Å². The lowest BCUT2D eigenvalue weighted by Gasteiger charge is -2.26. The van der Waals surface area contributed by atoms with Gasteiger partial charge in [-0.15, -0.1) is 0 Å². The molecular weight excluding hydrogens is 316 g/mol. The molecule has 1 N–H and O–H groups in total. The molecule has 1 aromatic carbocycles. The topological polar surface area (TPSA) is 67.4 Å². The van der Waals surface area contributed by atoms with Crippen LogP contribution >= 0.6 is 11.6 Å². The Hall–Kier alpha value is -2.18. The summed E-state index contributed by atoms with van der Waals surface area (Å²) in [6.07, 6.45) is 1.38. The summed E-state index contributed by atoms with van der Waals surface area (Å²) in [6.45, 7) is 4.21. The lowest BCUT2D eigenvalue weighted by Crippen LogP contribution is -2.41. The van der Waals surface area contributed by atoms with Crippen molar-refractivity contribution < 1.29 is 9.53 Å². The van der Waals surface area contributed by atoms with Crippen molar-refractivity contribution in [2.45, 2.75) is 6.92 Å². The van der Waals surface area contributed by atoms with E-state index >= 15 is 0 Å². The predicted molar refractivity (Wildman–Crippen MR) is 88.2 cm³/mol. The minimum Gasteiger partial charge on any atom is -0.378 e. The van der Waals surface area contributed by atoms with E-state index in [0.717, 1.165) is 11.3 Å². The Morgan fingerprint density at radius 2 is 2.09 bits per heavy atom. The van der Waals surface area contributed by atoms with Gasteiger partial charge in [0.25, 0.3) is 5.91 Å². The quantitative estimate of drug-likeness (QED) is 0.936. The van der Waals surface area contributed by atoms with Crippen molar-refractivity contribution in [2.75, 3.05) is 31.6 Å². The van der Waals surface area contributed by atoms with E-state index in [1.165, 1.54) is 6.33 Å². The highest BCUT2D eigenvalue weighted by atomic mass is 35.5. The molecule has 1 amide bonds. The summed E-state index contributed by atoms with van der Waals surface area (Å²) in [4.78, 5) is 22.5. The third-order valence-electron chi connectivity index (χ3n) is 3.71. The van der Waals surface area contributed by atoms with Gasteiger partial charge in [-0.25, -0.2) is 9.97 Å². The second kappa shape index (κ2) is 6.93. The number of rotatable bonds is 3. The molecule has 0 radical (unpaired) electrons. The standard InChI is InChI=1S/C16H17ClN4O2/c1-11-12(17)3-2-4-13(11)20-15-9-14(18-10-19-15)16(22)21-5-7-23-8-6-21/h2-4,9-10H,5-8H2,1H3,(H,18,19,20). The first kappa shape index (κ1) is 15.7. The fourth-order valence-corrected chi connectivity index (χ4v) is 2.53. The summed E-state index contributed by atoms with van der Waals surface area (Å²) in [5, 5.41) is 3.85. The van der Waals surface area contributed by atoms with Crippen molar-refractivity contribution in [3.8, 4) is 0 Å². The molecule has 0 saturated carbocycles. The smallest absolute Gasteiger partial charge is 0.272 e. The number of hydrogen-bond acceptors (Lipinski definition) is 5. The van der Waals surface area contributed by atoms with Crippen LogP contribution in [-0.4, -0.2) is 47.1 Å². The maximum atomic E-state index is 12.5. The van der Waals surface area contributed by atoms with Crippen molar-refractivity contribution in [1.29, 1.82) is 0 Å². The number of hydrogen-bond donors (Lipinski definition) is 1. The van der Waals surface area contributed by atoms with Gasteiger partial charge in [-0.3, -0.25) is 4.79 Å². The normalized spacial score (nSPS) is 14.6. The van der Waals surface area contributed by atoms with Crippen LogP contribution in [0.2, 0.25) is 5.02 Å². The van der Waals surface area contributed by atoms with Crippen LogP contribution in [0.4, 0.5) is 11.5 Å². The molecule has 120 valence electrons. The van der Waals surface area contributed by atoms with Gasteiger partial charge >= 0.3 is 0 Å². The van der Waals surface area contributed by atoms with Crippen molar-refractivity contribution in [3.05, 3.63) is 46.9 Å². The van der Waals surface area contributed by atoms with Gasteiger partial charge in [0.1, 0.15) is 17.8 Å². The molecule has 23 heavy (non-hydrogen) atoms. The molecule has 3 rings (SSSR count). The van der Waals surface area contributed by atoms with Gasteiger partial charge in [0.2, 0.25) is 0 Å². The molecule has 0 unspecified atom stereocenters. The monoisotopic (exact) mass is 332 g/mol. The van der Waals surface area contributed by atoms with E-state index in [1.54, 1.807) is 11.0 Å². The number of anilines is 2. The summed E-state index contributed by atoms with van der Waals surface area (Å²) in [6, 6.07) is 7.25. The molecule has 1 aromatic heterocycles. The van der Waals surface area contributed by atoms with Crippen molar-refractivity contribution in [3.63, 3.8) is 0 Å². The Balaban J connectivity index is 1.79. The molecule has 0 spiro atoms. The van der Waals surface area contributed by atoms with E-state index in [4.69, 9.17) is 16.3 Å². The molecule has 1 aliphatic heterocycles. The first-order valence-corrected chi connectivity index (χ1v) is 7.74. The minimum absolute atomic E-state index is 0.110. The van der Waals surface area contributed by atoms with Crippen LogP contribution in [0.1, 0.15) is 16.1 Å². The molecule has 1 fully saturated rings. The summed E-state index contributed by atoms with van der Waals surface area (Å²) < 4.78 is 5.26. The van der Waals surface area contributed by atoms with Crippen molar-refractivity contribution in [1.82, 2.24) is 14.9 Å². The van der Waals surface area contributed by atoms with Gasteiger partial charge in [-0.1, -0.05) is 17.7 Å². The van der Waals surface area contributed by atoms with E-state index < -0.39 is 0 Å². The zero-order valence-corrected chi connectivity index (χ0v) is 13.5. The van der Waals surface area contributed by atoms with Gasteiger partial charge in [0, 0.05) is 29.9 Å². The van der Waals surface area contributed by atoms with Crippen LogP contribution < -0.4 is 5.32 Å². The van der Waals surface area contributed by atoms with E-state index in [-0.39, 0.29) is 5.91 Å². The zero-order valence-electron chi connectivity index (χ0n) is 12.8. The van der Waals surface area contributed by atoms with Gasteiger partial charge in [0.15, 0.2) is 0 Å². The highest BCUT2D eigenvalue weighted by Gasteiger charge is 2.20.